The van der Waals surface area contributed by atoms with Crippen molar-refractivity contribution in [1.29, 1.82) is 0 Å². The SMILES string of the molecule is NC(=O)CC1(c2cccc3onnc23)C(c2ccccc2)=Nc2ccccc21. The minimum Gasteiger partial charge on any atom is -0.370 e. The van der Waals surface area contributed by atoms with E-state index in [1.54, 1.807) is 6.07 Å². The number of nitrogens with zero attached hydrogens (tertiary/aromatic N) is 3. The molecule has 1 unspecified atom stereocenters. The lowest BCUT2D eigenvalue weighted by Crippen LogP contribution is -2.39. The van der Waals surface area contributed by atoms with Crippen LogP contribution in [-0.2, 0) is 10.2 Å². The molecule has 0 aliphatic carbocycles. The molecule has 1 aromatic heterocycles. The number of rotatable bonds is 4. The largest absolute Gasteiger partial charge is 0.370 e. The number of aliphatic imine (C=N–C) groups is 1. The molecular weight excluding hydrogens is 352 g/mol. The van der Waals surface area contributed by atoms with Crippen molar-refractivity contribution in [3.05, 3.63) is 89.5 Å². The first-order valence-corrected chi connectivity index (χ1v) is 8.94. The smallest absolute Gasteiger partial charge is 0.219 e. The van der Waals surface area contributed by atoms with Crippen molar-refractivity contribution < 1.29 is 9.32 Å². The summed E-state index contributed by atoms with van der Waals surface area (Å²) < 4.78 is 5.28. The van der Waals surface area contributed by atoms with Gasteiger partial charge < -0.3 is 10.3 Å². The van der Waals surface area contributed by atoms with Gasteiger partial charge in [-0.2, -0.15) is 0 Å². The van der Waals surface area contributed by atoms with Crippen LogP contribution in [-0.4, -0.2) is 22.0 Å². The van der Waals surface area contributed by atoms with Gasteiger partial charge in [0.2, 0.25) is 5.91 Å². The molecule has 0 bridgehead atoms. The van der Waals surface area contributed by atoms with Crippen LogP contribution in [0.15, 0.2) is 82.3 Å². The molecular formula is C22H16N4O2. The second kappa shape index (κ2) is 6.13. The van der Waals surface area contributed by atoms with Crippen molar-refractivity contribution >= 4 is 28.4 Å². The van der Waals surface area contributed by atoms with Crippen molar-refractivity contribution in [3.8, 4) is 0 Å². The van der Waals surface area contributed by atoms with Crippen molar-refractivity contribution in [1.82, 2.24) is 10.4 Å². The van der Waals surface area contributed by atoms with E-state index in [2.05, 4.69) is 10.4 Å². The molecule has 136 valence electrons. The number of hydrogen-bond acceptors (Lipinski definition) is 5. The summed E-state index contributed by atoms with van der Waals surface area (Å²) in [5, 5.41) is 7.91. The fraction of sp³-hybridized carbons (Fsp3) is 0.0909. The summed E-state index contributed by atoms with van der Waals surface area (Å²) in [5.41, 5.74) is 10.3. The number of nitrogens with two attached hydrogens (primary N) is 1. The Bertz CT molecular complexity index is 1230. The predicted octanol–water partition coefficient (Wildman–Crippen LogP) is 3.52. The van der Waals surface area contributed by atoms with Crippen molar-refractivity contribution in [2.45, 2.75) is 11.8 Å². The van der Waals surface area contributed by atoms with E-state index in [0.717, 1.165) is 28.1 Å². The number of hydrogen-bond donors (Lipinski definition) is 1. The summed E-state index contributed by atoms with van der Waals surface area (Å²) in [7, 11) is 0. The Hall–Kier alpha value is -3.80. The molecule has 2 heterocycles. The van der Waals surface area contributed by atoms with Crippen LogP contribution in [0, 0.1) is 0 Å². The molecule has 6 heteroatoms. The summed E-state index contributed by atoms with van der Waals surface area (Å²) in [4.78, 5) is 17.2. The first-order valence-electron chi connectivity index (χ1n) is 8.94. The highest BCUT2D eigenvalue weighted by Gasteiger charge is 2.48. The number of aromatic nitrogens is 2. The van der Waals surface area contributed by atoms with E-state index in [1.165, 1.54) is 0 Å². The number of carbonyl (C=O) groups is 1. The monoisotopic (exact) mass is 368 g/mol. The standard InChI is InChI=1S/C22H16N4O2/c23-19(27)13-22(16-10-6-12-18-20(16)25-26-28-18)15-9-4-5-11-17(15)24-21(22)14-7-2-1-3-8-14/h1-12H,13H2,(H2,23,27). The average Bonchev–Trinajstić information content (AvgIpc) is 3.32. The van der Waals surface area contributed by atoms with Gasteiger partial charge in [0, 0.05) is 17.3 Å². The van der Waals surface area contributed by atoms with Gasteiger partial charge in [-0.25, -0.2) is 0 Å². The van der Waals surface area contributed by atoms with Crippen LogP contribution < -0.4 is 5.73 Å². The van der Waals surface area contributed by atoms with Crippen LogP contribution in [0.4, 0.5) is 5.69 Å². The lowest BCUT2D eigenvalue weighted by Gasteiger charge is -2.32. The zero-order valence-electron chi connectivity index (χ0n) is 14.9. The number of amides is 1. The van der Waals surface area contributed by atoms with Crippen LogP contribution >= 0.6 is 0 Å². The lowest BCUT2D eigenvalue weighted by atomic mass is 9.67. The number of carbonyl (C=O) groups excluding carboxylic acids is 1. The molecule has 1 amide bonds. The predicted molar refractivity (Wildman–Crippen MR) is 105 cm³/mol. The van der Waals surface area contributed by atoms with E-state index in [9.17, 15) is 4.79 Å². The van der Waals surface area contributed by atoms with E-state index in [-0.39, 0.29) is 6.42 Å². The lowest BCUT2D eigenvalue weighted by molar-refractivity contribution is -0.118. The topological polar surface area (TPSA) is 94.4 Å². The van der Waals surface area contributed by atoms with Crippen LogP contribution in [0.5, 0.6) is 0 Å². The molecule has 0 radical (unpaired) electrons. The highest BCUT2D eigenvalue weighted by Crippen LogP contribution is 2.50. The number of primary amides is 1. The van der Waals surface area contributed by atoms with Gasteiger partial charge >= 0.3 is 0 Å². The zero-order valence-corrected chi connectivity index (χ0v) is 14.9. The quantitative estimate of drug-likeness (QED) is 0.596. The van der Waals surface area contributed by atoms with E-state index < -0.39 is 11.3 Å². The van der Waals surface area contributed by atoms with Gasteiger partial charge in [-0.1, -0.05) is 60.7 Å². The molecule has 3 aromatic carbocycles. The fourth-order valence-corrected chi connectivity index (χ4v) is 4.14. The Kier molecular flexibility index (Phi) is 3.58. The maximum atomic E-state index is 12.3. The Balaban J connectivity index is 1.90. The molecule has 0 spiro atoms. The molecule has 1 aliphatic rings. The molecule has 5 rings (SSSR count). The zero-order chi connectivity index (χ0) is 19.1. The molecule has 6 nitrogen and oxygen atoms in total. The Labute approximate surface area is 160 Å². The normalized spacial score (nSPS) is 18.1. The first kappa shape index (κ1) is 16.4. The summed E-state index contributed by atoms with van der Waals surface area (Å²) in [6, 6.07) is 23.3. The van der Waals surface area contributed by atoms with Gasteiger partial charge in [0.15, 0.2) is 5.58 Å². The third-order valence-corrected chi connectivity index (χ3v) is 5.23. The molecule has 1 atom stereocenters. The van der Waals surface area contributed by atoms with Gasteiger partial charge in [-0.05, 0) is 23.3 Å². The molecule has 28 heavy (non-hydrogen) atoms. The Morgan fingerprint density at radius 1 is 0.929 bits per heavy atom. The molecule has 2 N–H and O–H groups in total. The first-order chi connectivity index (χ1) is 13.7. The van der Waals surface area contributed by atoms with Crippen molar-refractivity contribution in [2.75, 3.05) is 0 Å². The third-order valence-electron chi connectivity index (χ3n) is 5.23. The van der Waals surface area contributed by atoms with E-state index >= 15 is 0 Å². The average molecular weight is 368 g/mol. The van der Waals surface area contributed by atoms with Gasteiger partial charge in [0.25, 0.3) is 0 Å². The maximum Gasteiger partial charge on any atom is 0.219 e. The van der Waals surface area contributed by atoms with Gasteiger partial charge in [-0.3, -0.25) is 9.79 Å². The van der Waals surface area contributed by atoms with Crippen LogP contribution in [0.3, 0.4) is 0 Å². The number of fused-ring (bicyclic) bond motifs is 2. The highest BCUT2D eigenvalue weighted by molar-refractivity contribution is 6.17. The molecule has 1 aliphatic heterocycles. The minimum absolute atomic E-state index is 0.0592. The molecule has 4 aromatic rings. The summed E-state index contributed by atoms with van der Waals surface area (Å²) >= 11 is 0. The Morgan fingerprint density at radius 3 is 2.50 bits per heavy atom. The van der Waals surface area contributed by atoms with Crippen LogP contribution in [0.25, 0.3) is 11.1 Å². The van der Waals surface area contributed by atoms with Gasteiger partial charge in [0.05, 0.1) is 16.8 Å². The van der Waals surface area contributed by atoms with Crippen molar-refractivity contribution in [3.63, 3.8) is 0 Å². The van der Waals surface area contributed by atoms with E-state index in [4.69, 9.17) is 15.2 Å². The van der Waals surface area contributed by atoms with Crippen LogP contribution in [0.2, 0.25) is 0 Å². The minimum atomic E-state index is -0.873. The van der Waals surface area contributed by atoms with E-state index in [0.29, 0.717) is 11.1 Å². The second-order valence-electron chi connectivity index (χ2n) is 6.82. The van der Waals surface area contributed by atoms with Crippen LogP contribution in [0.1, 0.15) is 23.1 Å². The van der Waals surface area contributed by atoms with E-state index in [1.807, 2.05) is 66.7 Å². The summed E-state index contributed by atoms with van der Waals surface area (Å²) in [5.74, 6) is -0.422. The second-order valence-corrected chi connectivity index (χ2v) is 6.82. The third kappa shape index (κ3) is 2.28. The maximum absolute atomic E-state index is 12.3. The number of benzene rings is 3. The summed E-state index contributed by atoms with van der Waals surface area (Å²) in [6.07, 6.45) is 0.0592. The molecule has 0 saturated carbocycles. The highest BCUT2D eigenvalue weighted by atomic mass is 16.5. The van der Waals surface area contributed by atoms with Gasteiger partial charge in [-0.15, -0.1) is 5.10 Å². The number of para-hydroxylation sites is 1. The van der Waals surface area contributed by atoms with Gasteiger partial charge in [0.1, 0.15) is 5.52 Å². The molecule has 0 saturated heterocycles. The fourth-order valence-electron chi connectivity index (χ4n) is 4.14. The summed E-state index contributed by atoms with van der Waals surface area (Å²) in [6.45, 7) is 0. The Morgan fingerprint density at radius 2 is 1.68 bits per heavy atom. The molecule has 0 fully saturated rings. The van der Waals surface area contributed by atoms with Crippen molar-refractivity contribution in [2.24, 2.45) is 10.7 Å².